The van der Waals surface area contributed by atoms with E-state index < -0.39 is 18.1 Å². The summed E-state index contributed by atoms with van der Waals surface area (Å²) in [5, 5.41) is 10.4. The number of anilines is 1. The first-order valence-corrected chi connectivity index (χ1v) is 13.1. The number of carboxylic acid groups (broad SMARTS) is 1. The van der Waals surface area contributed by atoms with Crippen LogP contribution in [-0.4, -0.2) is 70.2 Å². The number of alkyl halides is 3. The van der Waals surface area contributed by atoms with Crippen LogP contribution in [-0.2, 0) is 10.3 Å². The van der Waals surface area contributed by atoms with E-state index in [1.807, 2.05) is 0 Å². The highest BCUT2D eigenvalue weighted by atomic mass is 19.4. The molecule has 3 aromatic rings. The smallest absolute Gasteiger partial charge is 0.475 e. The maximum absolute atomic E-state index is 13.0. The number of urea groups is 1. The van der Waals surface area contributed by atoms with E-state index in [0.29, 0.717) is 23.6 Å². The van der Waals surface area contributed by atoms with Gasteiger partial charge in [-0.05, 0) is 57.5 Å². The van der Waals surface area contributed by atoms with Gasteiger partial charge in [-0.25, -0.2) is 19.6 Å². The summed E-state index contributed by atoms with van der Waals surface area (Å²) in [7, 11) is 4.29. The molecule has 4 N–H and O–H groups in total. The Kier molecular flexibility index (Phi) is 8.53. The lowest BCUT2D eigenvalue weighted by atomic mass is 9.69. The predicted molar refractivity (Wildman–Crippen MR) is 149 cm³/mol. The highest BCUT2D eigenvalue weighted by molar-refractivity contribution is 5.95. The minimum atomic E-state index is -5.08. The van der Waals surface area contributed by atoms with Crippen LogP contribution in [0.4, 0.5) is 23.7 Å². The van der Waals surface area contributed by atoms with Crippen LogP contribution >= 0.6 is 0 Å². The molecule has 2 aromatic carbocycles. The van der Waals surface area contributed by atoms with Crippen LogP contribution in [0.25, 0.3) is 11.4 Å². The molecular weight excluding hydrogens is 553 g/mol. The number of carbonyl (C=O) groups is 3. The average Bonchev–Trinajstić information content (AvgIpc) is 3.29. The lowest BCUT2D eigenvalue weighted by Gasteiger charge is -2.48. The Balaban J connectivity index is 0.000000517. The summed E-state index contributed by atoms with van der Waals surface area (Å²) >= 11 is 0. The van der Waals surface area contributed by atoms with Gasteiger partial charge in [-0.2, -0.15) is 13.2 Å². The molecule has 1 saturated carbocycles. The molecule has 1 aliphatic carbocycles. The lowest BCUT2D eigenvalue weighted by molar-refractivity contribution is -0.192. The monoisotopic (exact) mass is 584 g/mol. The third-order valence-corrected chi connectivity index (χ3v) is 7.90. The van der Waals surface area contributed by atoms with Gasteiger partial charge < -0.3 is 16.2 Å². The summed E-state index contributed by atoms with van der Waals surface area (Å²) in [5.74, 6) is -2.71. The van der Waals surface area contributed by atoms with Crippen molar-refractivity contribution < 1.29 is 32.7 Å². The second-order valence-corrected chi connectivity index (χ2v) is 10.6. The van der Waals surface area contributed by atoms with Crippen molar-refractivity contribution in [1.82, 2.24) is 20.2 Å². The molecule has 0 unspecified atom stereocenters. The number of aliphatic carboxylic acids is 1. The number of rotatable bonds is 5. The first-order valence-electron chi connectivity index (χ1n) is 13.1. The molecule has 2 aliphatic rings. The van der Waals surface area contributed by atoms with Gasteiger partial charge in [0.05, 0.1) is 30.2 Å². The van der Waals surface area contributed by atoms with Crippen molar-refractivity contribution in [2.24, 2.45) is 5.73 Å². The predicted octanol–water partition coefficient (Wildman–Crippen LogP) is 4.18. The second kappa shape index (κ2) is 11.8. The van der Waals surface area contributed by atoms with Gasteiger partial charge in [-0.15, -0.1) is 0 Å². The largest absolute Gasteiger partial charge is 0.490 e. The van der Waals surface area contributed by atoms with Gasteiger partial charge in [0.25, 0.3) is 0 Å². The molecule has 1 aromatic heterocycles. The molecule has 3 amide bonds. The van der Waals surface area contributed by atoms with Gasteiger partial charge >= 0.3 is 18.2 Å². The normalized spacial score (nSPS) is 22.0. The number of carbonyl (C=O) groups excluding carboxylic acids is 2. The number of hydrogen-bond donors (Lipinski definition) is 3. The number of primary amides is 1. The quantitative estimate of drug-likeness (QED) is 0.409. The van der Waals surface area contributed by atoms with Crippen molar-refractivity contribution in [3.63, 3.8) is 0 Å². The van der Waals surface area contributed by atoms with E-state index in [1.54, 1.807) is 41.6 Å². The molecule has 0 bridgehead atoms. The van der Waals surface area contributed by atoms with Gasteiger partial charge in [-0.1, -0.05) is 42.5 Å². The summed E-state index contributed by atoms with van der Waals surface area (Å²) in [6, 6.07) is 17.4. The first-order chi connectivity index (χ1) is 19.8. The number of aromatic nitrogens is 2. The van der Waals surface area contributed by atoms with Crippen molar-refractivity contribution in [2.45, 2.75) is 42.9 Å². The van der Waals surface area contributed by atoms with Crippen LogP contribution in [0.1, 0.15) is 41.6 Å². The maximum Gasteiger partial charge on any atom is 0.490 e. The number of hydrogen-bond acceptors (Lipinski definition) is 6. The fourth-order valence-electron chi connectivity index (χ4n) is 5.48. The Morgan fingerprint density at radius 1 is 0.976 bits per heavy atom. The van der Waals surface area contributed by atoms with E-state index in [4.69, 9.17) is 15.6 Å². The van der Waals surface area contributed by atoms with E-state index in [-0.39, 0.29) is 17.1 Å². The Bertz CT molecular complexity index is 1420. The molecule has 42 heavy (non-hydrogen) atoms. The lowest BCUT2D eigenvalue weighted by Crippen LogP contribution is -2.54. The van der Waals surface area contributed by atoms with Gasteiger partial charge in [0, 0.05) is 16.7 Å². The summed E-state index contributed by atoms with van der Waals surface area (Å²) < 4.78 is 31.7. The maximum atomic E-state index is 13.0. The molecule has 1 spiro atoms. The summed E-state index contributed by atoms with van der Waals surface area (Å²) in [6.07, 6.45) is 2.00. The second-order valence-electron chi connectivity index (χ2n) is 10.6. The number of nitrogens with zero attached hydrogens (tertiary/aromatic N) is 4. The van der Waals surface area contributed by atoms with Crippen molar-refractivity contribution in [3.05, 3.63) is 78.1 Å². The van der Waals surface area contributed by atoms with Crippen LogP contribution < -0.4 is 16.0 Å². The standard InChI is InChI=1S/C27H30N6O2.C2HF3O2/c1-32(2)27(21-6-4-3-5-7-21)14-12-26(13-15-27)18-33(25(35)31-26)22-16-29-24(30-17-22)20-10-8-19(9-11-20)23(28)34;3-2(4,5)1(6)7/h3-11,16-17H,12-15,18H2,1-2H3,(H2,28,34)(H,31,35);(H,6,7)/t26-,27-;. The highest BCUT2D eigenvalue weighted by Crippen LogP contribution is 2.46. The minimum absolute atomic E-state index is 0.0283. The van der Waals surface area contributed by atoms with E-state index >= 15 is 0 Å². The van der Waals surface area contributed by atoms with Gasteiger partial charge in [0.2, 0.25) is 5.91 Å². The average molecular weight is 585 g/mol. The van der Waals surface area contributed by atoms with Crippen molar-refractivity contribution in [3.8, 4) is 11.4 Å². The Labute approximate surface area is 240 Å². The molecule has 0 atom stereocenters. The number of nitrogens with two attached hydrogens (primary N) is 1. The first kappa shape index (κ1) is 30.4. The summed E-state index contributed by atoms with van der Waals surface area (Å²) in [4.78, 5) is 46.2. The van der Waals surface area contributed by atoms with Gasteiger partial charge in [0.15, 0.2) is 5.82 Å². The van der Waals surface area contributed by atoms with Crippen molar-refractivity contribution >= 4 is 23.6 Å². The van der Waals surface area contributed by atoms with Gasteiger partial charge in [-0.3, -0.25) is 14.6 Å². The van der Waals surface area contributed by atoms with E-state index in [1.165, 1.54) is 5.56 Å². The van der Waals surface area contributed by atoms with Crippen LogP contribution in [0.15, 0.2) is 67.0 Å². The van der Waals surface area contributed by atoms with E-state index in [9.17, 15) is 22.8 Å². The molecule has 5 rings (SSSR count). The Morgan fingerprint density at radius 3 is 2.00 bits per heavy atom. The highest BCUT2D eigenvalue weighted by Gasteiger charge is 2.50. The SMILES string of the molecule is CN(C)[C@]1(c2ccccc2)CC[C@@]2(CC1)CN(c1cnc(-c3ccc(C(N)=O)cc3)nc1)C(=O)N2.O=C(O)C(F)(F)F. The number of carboxylic acids is 1. The Hall–Kier alpha value is -4.52. The van der Waals surface area contributed by atoms with Crippen molar-refractivity contribution in [1.29, 1.82) is 0 Å². The molecular formula is C29H31F3N6O4. The number of benzene rings is 2. The zero-order chi connectivity index (χ0) is 30.7. The molecule has 2 fully saturated rings. The third kappa shape index (κ3) is 6.35. The fraction of sp³-hybridized carbons (Fsp3) is 0.345. The summed E-state index contributed by atoms with van der Waals surface area (Å²) in [6.45, 7) is 0.597. The van der Waals surface area contributed by atoms with E-state index in [2.05, 4.69) is 64.6 Å². The molecule has 0 radical (unpaired) electrons. The minimum Gasteiger partial charge on any atom is -0.475 e. The summed E-state index contributed by atoms with van der Waals surface area (Å²) in [5.41, 5.74) is 8.23. The molecule has 13 heteroatoms. The van der Waals surface area contributed by atoms with Crippen LogP contribution in [0.5, 0.6) is 0 Å². The zero-order valence-corrected chi connectivity index (χ0v) is 23.1. The molecule has 2 heterocycles. The molecule has 10 nitrogen and oxygen atoms in total. The Morgan fingerprint density at radius 2 is 1.52 bits per heavy atom. The molecule has 1 saturated heterocycles. The topological polar surface area (TPSA) is 142 Å². The van der Waals surface area contributed by atoms with Crippen molar-refractivity contribution in [2.75, 3.05) is 25.5 Å². The number of nitrogens with one attached hydrogen (secondary N) is 1. The number of halogens is 3. The zero-order valence-electron chi connectivity index (χ0n) is 23.1. The fourth-order valence-corrected chi connectivity index (χ4v) is 5.48. The third-order valence-electron chi connectivity index (χ3n) is 7.90. The molecule has 1 aliphatic heterocycles. The van der Waals surface area contributed by atoms with Crippen LogP contribution in [0, 0.1) is 0 Å². The van der Waals surface area contributed by atoms with Crippen LogP contribution in [0.3, 0.4) is 0 Å². The van der Waals surface area contributed by atoms with Crippen LogP contribution in [0.2, 0.25) is 0 Å². The van der Waals surface area contributed by atoms with E-state index in [0.717, 1.165) is 31.2 Å². The van der Waals surface area contributed by atoms with Gasteiger partial charge in [0.1, 0.15) is 0 Å². The molecule has 222 valence electrons. The number of amides is 3.